The Hall–Kier alpha value is -3.27. The first kappa shape index (κ1) is 21.9. The Morgan fingerprint density at radius 2 is 1.81 bits per heavy atom. The number of hydrogen-bond acceptors (Lipinski definition) is 4. The van der Waals surface area contributed by atoms with Crippen LogP contribution in [-0.2, 0) is 12.7 Å². The zero-order valence-corrected chi connectivity index (χ0v) is 17.0. The van der Waals surface area contributed by atoms with Gasteiger partial charge in [0, 0.05) is 19.1 Å². The number of piperidine rings is 1. The van der Waals surface area contributed by atoms with Gasteiger partial charge in [0.25, 0.3) is 5.91 Å². The van der Waals surface area contributed by atoms with Gasteiger partial charge in [0.15, 0.2) is 11.4 Å². The van der Waals surface area contributed by atoms with Gasteiger partial charge < -0.3 is 5.32 Å². The molecule has 0 spiro atoms. The van der Waals surface area contributed by atoms with Crippen LogP contribution in [0, 0.1) is 5.82 Å². The molecular weight excluding hydrogens is 426 g/mol. The van der Waals surface area contributed by atoms with Crippen molar-refractivity contribution in [2.24, 2.45) is 0 Å². The van der Waals surface area contributed by atoms with Gasteiger partial charge in [-0.05, 0) is 49.2 Å². The maximum Gasteiger partial charge on any atom is 0.435 e. The number of aromatic nitrogens is 3. The first-order valence-corrected chi connectivity index (χ1v) is 10.2. The minimum absolute atomic E-state index is 0.0445. The number of rotatable bonds is 5. The summed E-state index contributed by atoms with van der Waals surface area (Å²) < 4.78 is 55.0. The second-order valence-electron chi connectivity index (χ2n) is 7.71. The van der Waals surface area contributed by atoms with Gasteiger partial charge in [-0.1, -0.05) is 35.5 Å². The standard InChI is InChI=1S/C22H21F4N5O/c23-16-8-10-18(11-9-16)31-20(22(24,25)26)19(28-29-31)21(32)27-17-7-4-12-30(14-17)13-15-5-2-1-3-6-15/h1-3,5-6,8-11,17H,4,7,12-14H2,(H,27,32). The molecule has 0 aliphatic carbocycles. The van der Waals surface area contributed by atoms with Gasteiger partial charge in [0.1, 0.15) is 5.82 Å². The molecule has 1 aliphatic heterocycles. The minimum Gasteiger partial charge on any atom is -0.347 e. The fourth-order valence-corrected chi connectivity index (χ4v) is 3.86. The predicted octanol–water partition coefficient (Wildman–Crippen LogP) is 3.82. The zero-order valence-electron chi connectivity index (χ0n) is 17.0. The highest BCUT2D eigenvalue weighted by molar-refractivity contribution is 5.93. The topological polar surface area (TPSA) is 63.1 Å². The van der Waals surface area contributed by atoms with Crippen molar-refractivity contribution in [2.75, 3.05) is 13.1 Å². The lowest BCUT2D eigenvalue weighted by atomic mass is 10.0. The summed E-state index contributed by atoms with van der Waals surface area (Å²) in [6, 6.07) is 13.8. The number of carbonyl (C=O) groups is 1. The predicted molar refractivity (Wildman–Crippen MR) is 109 cm³/mol. The summed E-state index contributed by atoms with van der Waals surface area (Å²) in [6.45, 7) is 2.06. The second kappa shape index (κ2) is 9.07. The average molecular weight is 447 g/mol. The minimum atomic E-state index is -4.88. The lowest BCUT2D eigenvalue weighted by molar-refractivity contribution is -0.143. The summed E-state index contributed by atoms with van der Waals surface area (Å²) in [5.74, 6) is -1.53. The first-order valence-electron chi connectivity index (χ1n) is 10.2. The summed E-state index contributed by atoms with van der Waals surface area (Å²) in [5.41, 5.74) is -1.02. The van der Waals surface area contributed by atoms with Crippen molar-refractivity contribution in [3.63, 3.8) is 0 Å². The lowest BCUT2D eigenvalue weighted by Gasteiger charge is -2.33. The molecule has 1 saturated heterocycles. The Balaban J connectivity index is 1.51. The molecule has 1 fully saturated rings. The van der Waals surface area contributed by atoms with Crippen LogP contribution in [0.5, 0.6) is 0 Å². The quantitative estimate of drug-likeness (QED) is 0.604. The van der Waals surface area contributed by atoms with E-state index in [1.807, 2.05) is 30.3 Å². The largest absolute Gasteiger partial charge is 0.435 e. The van der Waals surface area contributed by atoms with E-state index in [0.717, 1.165) is 42.8 Å². The molecule has 1 aliphatic rings. The molecule has 3 aromatic rings. The summed E-state index contributed by atoms with van der Waals surface area (Å²) in [4.78, 5) is 14.9. The molecule has 32 heavy (non-hydrogen) atoms. The van der Waals surface area contributed by atoms with Gasteiger partial charge >= 0.3 is 6.18 Å². The lowest BCUT2D eigenvalue weighted by Crippen LogP contribution is -2.47. The summed E-state index contributed by atoms with van der Waals surface area (Å²) in [5, 5.41) is 9.71. The SMILES string of the molecule is O=C(NC1CCCN(Cc2ccccc2)C1)c1nnn(-c2ccc(F)cc2)c1C(F)(F)F. The molecule has 10 heteroatoms. The average Bonchev–Trinajstić information content (AvgIpc) is 3.21. The van der Waals surface area contributed by atoms with E-state index in [-0.39, 0.29) is 11.7 Å². The number of carbonyl (C=O) groups excluding carboxylic acids is 1. The van der Waals surface area contributed by atoms with Crippen molar-refractivity contribution in [1.82, 2.24) is 25.2 Å². The number of alkyl halides is 3. The van der Waals surface area contributed by atoms with Crippen LogP contribution in [0.15, 0.2) is 54.6 Å². The molecule has 0 radical (unpaired) electrons. The smallest absolute Gasteiger partial charge is 0.347 e. The van der Waals surface area contributed by atoms with Crippen molar-refractivity contribution < 1.29 is 22.4 Å². The molecule has 2 heterocycles. The number of benzene rings is 2. The third-order valence-corrected chi connectivity index (χ3v) is 5.31. The van der Waals surface area contributed by atoms with Crippen LogP contribution in [0.4, 0.5) is 17.6 Å². The Kier molecular flexibility index (Phi) is 6.22. The Morgan fingerprint density at radius 1 is 1.09 bits per heavy atom. The molecule has 4 rings (SSSR count). The van der Waals surface area contributed by atoms with E-state index in [4.69, 9.17) is 0 Å². The van der Waals surface area contributed by atoms with Gasteiger partial charge in [-0.15, -0.1) is 5.10 Å². The first-order chi connectivity index (χ1) is 15.3. The van der Waals surface area contributed by atoms with Crippen molar-refractivity contribution in [3.05, 3.63) is 77.4 Å². The van der Waals surface area contributed by atoms with Crippen molar-refractivity contribution >= 4 is 5.91 Å². The zero-order chi connectivity index (χ0) is 22.7. The molecule has 0 bridgehead atoms. The van der Waals surface area contributed by atoms with Gasteiger partial charge in [0.05, 0.1) is 5.69 Å². The molecule has 6 nitrogen and oxygen atoms in total. The van der Waals surface area contributed by atoms with Crippen molar-refractivity contribution in [3.8, 4) is 5.69 Å². The van der Waals surface area contributed by atoms with Gasteiger partial charge in [-0.3, -0.25) is 9.69 Å². The number of halogens is 4. The van der Waals surface area contributed by atoms with Crippen LogP contribution < -0.4 is 5.32 Å². The van der Waals surface area contributed by atoms with E-state index >= 15 is 0 Å². The molecule has 0 saturated carbocycles. The molecule has 1 N–H and O–H groups in total. The van der Waals surface area contributed by atoms with Gasteiger partial charge in [0.2, 0.25) is 0 Å². The van der Waals surface area contributed by atoms with E-state index in [9.17, 15) is 22.4 Å². The summed E-state index contributed by atoms with van der Waals surface area (Å²) in [6.07, 6.45) is -3.41. The number of amides is 1. The number of nitrogens with one attached hydrogen (secondary N) is 1. The van der Waals surface area contributed by atoms with E-state index in [1.54, 1.807) is 0 Å². The molecule has 1 amide bonds. The third kappa shape index (κ3) is 4.96. The molecule has 1 unspecified atom stereocenters. The Labute approximate surface area is 181 Å². The molecule has 168 valence electrons. The summed E-state index contributed by atoms with van der Waals surface area (Å²) in [7, 11) is 0. The molecule has 1 atom stereocenters. The number of likely N-dealkylation sites (tertiary alicyclic amines) is 1. The van der Waals surface area contributed by atoms with Crippen LogP contribution >= 0.6 is 0 Å². The van der Waals surface area contributed by atoms with Crippen LogP contribution in [-0.4, -0.2) is 44.9 Å². The van der Waals surface area contributed by atoms with Crippen LogP contribution in [0.3, 0.4) is 0 Å². The molecular formula is C22H21F4N5O. The van der Waals surface area contributed by atoms with Gasteiger partial charge in [-0.2, -0.15) is 13.2 Å². The van der Waals surface area contributed by atoms with Crippen molar-refractivity contribution in [2.45, 2.75) is 31.6 Å². The van der Waals surface area contributed by atoms with E-state index in [0.29, 0.717) is 24.2 Å². The van der Waals surface area contributed by atoms with E-state index < -0.39 is 29.3 Å². The van der Waals surface area contributed by atoms with Crippen LogP contribution in [0.2, 0.25) is 0 Å². The number of hydrogen-bond donors (Lipinski definition) is 1. The van der Waals surface area contributed by atoms with Crippen molar-refractivity contribution in [1.29, 1.82) is 0 Å². The Bertz CT molecular complexity index is 1070. The highest BCUT2D eigenvalue weighted by Crippen LogP contribution is 2.33. The Morgan fingerprint density at radius 3 is 2.50 bits per heavy atom. The second-order valence-corrected chi connectivity index (χ2v) is 7.71. The maximum atomic E-state index is 13.8. The monoisotopic (exact) mass is 447 g/mol. The fraction of sp³-hybridized carbons (Fsp3) is 0.318. The number of nitrogens with zero attached hydrogens (tertiary/aromatic N) is 4. The van der Waals surface area contributed by atoms with Gasteiger partial charge in [-0.25, -0.2) is 9.07 Å². The fourth-order valence-electron chi connectivity index (χ4n) is 3.86. The van der Waals surface area contributed by atoms with Crippen LogP contribution in [0.25, 0.3) is 5.69 Å². The maximum absolute atomic E-state index is 13.8. The molecule has 2 aromatic carbocycles. The van der Waals surface area contributed by atoms with Crippen LogP contribution in [0.1, 0.15) is 34.6 Å². The normalized spacial score (nSPS) is 17.3. The van der Waals surface area contributed by atoms with E-state index in [2.05, 4.69) is 20.5 Å². The highest BCUT2D eigenvalue weighted by Gasteiger charge is 2.42. The van der Waals surface area contributed by atoms with E-state index in [1.165, 1.54) is 0 Å². The summed E-state index contributed by atoms with van der Waals surface area (Å²) >= 11 is 0. The highest BCUT2D eigenvalue weighted by atomic mass is 19.4. The third-order valence-electron chi connectivity index (χ3n) is 5.31. The molecule has 1 aromatic heterocycles.